The minimum absolute atomic E-state index is 0.103. The van der Waals surface area contributed by atoms with Crippen molar-refractivity contribution >= 4 is 27.5 Å². The van der Waals surface area contributed by atoms with Gasteiger partial charge in [-0.15, -0.1) is 0 Å². The molecule has 0 bridgehead atoms. The SMILES string of the molecule is COc1cccc(CN(C(=O)CN(c2cccc(C)c2)S(C)(=O)=O)[C@H](C)C(=O)NC(C)C)c1. The molecule has 2 amide bonds. The third-order valence-corrected chi connectivity index (χ3v) is 6.19. The molecule has 33 heavy (non-hydrogen) atoms. The van der Waals surface area contributed by atoms with Crippen molar-refractivity contribution in [3.8, 4) is 5.75 Å². The number of aryl methyl sites for hydroxylation is 1. The molecule has 0 unspecified atom stereocenters. The Bertz CT molecular complexity index is 1090. The van der Waals surface area contributed by atoms with Gasteiger partial charge in [-0.2, -0.15) is 0 Å². The molecule has 2 aromatic rings. The van der Waals surface area contributed by atoms with Crippen LogP contribution in [0.1, 0.15) is 31.9 Å². The molecule has 9 heteroatoms. The van der Waals surface area contributed by atoms with E-state index in [1.54, 1.807) is 50.4 Å². The molecule has 2 rings (SSSR count). The number of carbonyl (C=O) groups is 2. The Morgan fingerprint density at radius 1 is 1.06 bits per heavy atom. The molecular weight excluding hydrogens is 442 g/mol. The molecule has 0 fully saturated rings. The number of sulfonamides is 1. The van der Waals surface area contributed by atoms with Gasteiger partial charge < -0.3 is 15.0 Å². The maximum atomic E-state index is 13.5. The largest absolute Gasteiger partial charge is 0.497 e. The highest BCUT2D eigenvalue weighted by atomic mass is 32.2. The molecule has 0 radical (unpaired) electrons. The number of ether oxygens (including phenoxy) is 1. The van der Waals surface area contributed by atoms with Crippen LogP contribution < -0.4 is 14.4 Å². The summed E-state index contributed by atoms with van der Waals surface area (Å²) in [4.78, 5) is 27.6. The van der Waals surface area contributed by atoms with Crippen LogP contribution in [-0.2, 0) is 26.2 Å². The molecule has 1 atom stereocenters. The number of anilines is 1. The first-order valence-corrected chi connectivity index (χ1v) is 12.5. The van der Waals surface area contributed by atoms with Crippen molar-refractivity contribution < 1.29 is 22.7 Å². The van der Waals surface area contributed by atoms with Crippen molar-refractivity contribution in [2.75, 3.05) is 24.2 Å². The molecule has 0 saturated carbocycles. The van der Waals surface area contributed by atoms with Gasteiger partial charge in [0.05, 0.1) is 19.1 Å². The quantitative estimate of drug-likeness (QED) is 0.570. The molecule has 0 aromatic heterocycles. The first-order valence-electron chi connectivity index (χ1n) is 10.7. The summed E-state index contributed by atoms with van der Waals surface area (Å²) in [7, 11) is -2.20. The first kappa shape index (κ1) is 26.2. The van der Waals surface area contributed by atoms with Crippen LogP contribution in [0.2, 0.25) is 0 Å². The van der Waals surface area contributed by atoms with E-state index in [1.807, 2.05) is 32.9 Å². The fourth-order valence-electron chi connectivity index (χ4n) is 3.35. The van der Waals surface area contributed by atoms with Crippen LogP contribution >= 0.6 is 0 Å². The zero-order valence-electron chi connectivity index (χ0n) is 20.0. The molecule has 0 spiro atoms. The van der Waals surface area contributed by atoms with Crippen LogP contribution in [0.15, 0.2) is 48.5 Å². The van der Waals surface area contributed by atoms with E-state index in [4.69, 9.17) is 4.74 Å². The summed E-state index contributed by atoms with van der Waals surface area (Å²) in [6, 6.07) is 13.2. The number of hydrogen-bond acceptors (Lipinski definition) is 5. The fourth-order valence-corrected chi connectivity index (χ4v) is 4.19. The Morgan fingerprint density at radius 2 is 1.73 bits per heavy atom. The van der Waals surface area contributed by atoms with E-state index in [0.29, 0.717) is 11.4 Å². The van der Waals surface area contributed by atoms with Crippen LogP contribution in [-0.4, -0.2) is 57.1 Å². The Morgan fingerprint density at radius 3 is 2.30 bits per heavy atom. The predicted octanol–water partition coefficient (Wildman–Crippen LogP) is 2.71. The minimum Gasteiger partial charge on any atom is -0.497 e. The van der Waals surface area contributed by atoms with Crippen LogP contribution in [0, 0.1) is 6.92 Å². The molecule has 0 aliphatic carbocycles. The van der Waals surface area contributed by atoms with Gasteiger partial charge in [0.1, 0.15) is 18.3 Å². The molecule has 0 aliphatic rings. The highest BCUT2D eigenvalue weighted by molar-refractivity contribution is 7.92. The van der Waals surface area contributed by atoms with Gasteiger partial charge in [0.25, 0.3) is 0 Å². The second-order valence-electron chi connectivity index (χ2n) is 8.32. The Balaban J connectivity index is 2.40. The van der Waals surface area contributed by atoms with Gasteiger partial charge in [-0.3, -0.25) is 13.9 Å². The standard InChI is InChI=1S/C24H33N3O5S/c1-17(2)25-24(29)19(4)26(15-20-10-8-12-22(14-20)32-5)23(28)16-27(33(6,30)31)21-11-7-9-18(3)13-21/h7-14,17,19H,15-16H2,1-6H3,(H,25,29)/t19-/m1/s1. The second kappa shape index (κ2) is 11.2. The van der Waals surface area contributed by atoms with E-state index in [1.165, 1.54) is 4.90 Å². The molecule has 0 aliphatic heterocycles. The topological polar surface area (TPSA) is 96.0 Å². The monoisotopic (exact) mass is 475 g/mol. The van der Waals surface area contributed by atoms with E-state index in [2.05, 4.69) is 5.32 Å². The van der Waals surface area contributed by atoms with Gasteiger partial charge in [0.2, 0.25) is 21.8 Å². The number of carbonyl (C=O) groups excluding carboxylic acids is 2. The van der Waals surface area contributed by atoms with Crippen molar-refractivity contribution in [2.45, 2.75) is 46.3 Å². The summed E-state index contributed by atoms with van der Waals surface area (Å²) in [6.45, 7) is 6.84. The lowest BCUT2D eigenvalue weighted by atomic mass is 10.1. The summed E-state index contributed by atoms with van der Waals surface area (Å²) >= 11 is 0. The van der Waals surface area contributed by atoms with Crippen molar-refractivity contribution in [3.63, 3.8) is 0 Å². The lowest BCUT2D eigenvalue weighted by Gasteiger charge is -2.32. The van der Waals surface area contributed by atoms with Gasteiger partial charge in [-0.05, 0) is 63.1 Å². The van der Waals surface area contributed by atoms with Gasteiger partial charge in [-0.25, -0.2) is 8.42 Å². The highest BCUT2D eigenvalue weighted by Crippen LogP contribution is 2.21. The van der Waals surface area contributed by atoms with Gasteiger partial charge in [-0.1, -0.05) is 24.3 Å². The molecule has 1 N–H and O–H groups in total. The summed E-state index contributed by atoms with van der Waals surface area (Å²) < 4.78 is 31.4. The van der Waals surface area contributed by atoms with E-state index in [0.717, 1.165) is 21.7 Å². The number of hydrogen-bond donors (Lipinski definition) is 1. The predicted molar refractivity (Wildman–Crippen MR) is 130 cm³/mol. The summed E-state index contributed by atoms with van der Waals surface area (Å²) in [5, 5.41) is 2.82. The molecule has 180 valence electrons. The third-order valence-electron chi connectivity index (χ3n) is 5.05. The molecular formula is C24H33N3O5S. The number of methoxy groups -OCH3 is 1. The van der Waals surface area contributed by atoms with Gasteiger partial charge in [0.15, 0.2) is 0 Å². The van der Waals surface area contributed by atoms with Crippen LogP contribution in [0.5, 0.6) is 5.75 Å². The summed E-state index contributed by atoms with van der Waals surface area (Å²) in [5.74, 6) is -0.185. The number of benzene rings is 2. The third kappa shape index (κ3) is 7.49. The van der Waals surface area contributed by atoms with E-state index in [-0.39, 0.29) is 18.5 Å². The van der Waals surface area contributed by atoms with Gasteiger partial charge >= 0.3 is 0 Å². The van der Waals surface area contributed by atoms with Crippen molar-refractivity contribution in [2.24, 2.45) is 0 Å². The summed E-state index contributed by atoms with van der Waals surface area (Å²) in [6.07, 6.45) is 1.06. The van der Waals surface area contributed by atoms with E-state index >= 15 is 0 Å². The average molecular weight is 476 g/mol. The number of nitrogens with zero attached hydrogens (tertiary/aromatic N) is 2. The number of rotatable bonds is 10. The lowest BCUT2D eigenvalue weighted by Crippen LogP contribution is -2.52. The zero-order valence-corrected chi connectivity index (χ0v) is 20.8. The van der Waals surface area contributed by atoms with Crippen LogP contribution in [0.4, 0.5) is 5.69 Å². The van der Waals surface area contributed by atoms with Crippen molar-refractivity contribution in [1.82, 2.24) is 10.2 Å². The molecule has 0 heterocycles. The van der Waals surface area contributed by atoms with Crippen LogP contribution in [0.3, 0.4) is 0 Å². The highest BCUT2D eigenvalue weighted by Gasteiger charge is 2.30. The second-order valence-corrected chi connectivity index (χ2v) is 10.2. The number of nitrogens with one attached hydrogen (secondary N) is 1. The average Bonchev–Trinajstić information content (AvgIpc) is 2.74. The fraction of sp³-hybridized carbons (Fsp3) is 0.417. The number of amides is 2. The maximum absolute atomic E-state index is 13.5. The lowest BCUT2D eigenvalue weighted by molar-refractivity contribution is -0.139. The summed E-state index contributed by atoms with van der Waals surface area (Å²) in [5.41, 5.74) is 2.02. The normalized spacial score (nSPS) is 12.2. The van der Waals surface area contributed by atoms with E-state index in [9.17, 15) is 18.0 Å². The molecule has 8 nitrogen and oxygen atoms in total. The van der Waals surface area contributed by atoms with Crippen LogP contribution in [0.25, 0.3) is 0 Å². The molecule has 0 saturated heterocycles. The smallest absolute Gasteiger partial charge is 0.244 e. The van der Waals surface area contributed by atoms with E-state index < -0.39 is 28.5 Å². The Hall–Kier alpha value is -3.07. The Kier molecular flexibility index (Phi) is 8.87. The Labute approximate surface area is 196 Å². The zero-order chi connectivity index (χ0) is 24.8. The minimum atomic E-state index is -3.75. The molecule has 2 aromatic carbocycles. The van der Waals surface area contributed by atoms with Gasteiger partial charge in [0, 0.05) is 12.6 Å². The van der Waals surface area contributed by atoms with Crippen molar-refractivity contribution in [3.05, 3.63) is 59.7 Å². The first-order chi connectivity index (χ1) is 15.4. The maximum Gasteiger partial charge on any atom is 0.244 e. The van der Waals surface area contributed by atoms with Crippen molar-refractivity contribution in [1.29, 1.82) is 0 Å².